The van der Waals surface area contributed by atoms with Crippen LogP contribution in [0.4, 0.5) is 9.52 Å². The molecule has 5 heteroatoms. The van der Waals surface area contributed by atoms with Crippen molar-refractivity contribution >= 4 is 38.3 Å². The summed E-state index contributed by atoms with van der Waals surface area (Å²) in [6.45, 7) is 0.547. The zero-order valence-corrected chi connectivity index (χ0v) is 11.4. The molecule has 0 unspecified atom stereocenters. The highest BCUT2D eigenvalue weighted by Crippen LogP contribution is 2.28. The van der Waals surface area contributed by atoms with Gasteiger partial charge in [-0.2, -0.15) is 0 Å². The predicted molar refractivity (Wildman–Crippen MR) is 78.4 cm³/mol. The molecule has 0 amide bonds. The Morgan fingerprint density at radius 1 is 1.21 bits per heavy atom. The Morgan fingerprint density at radius 2 is 2.11 bits per heavy atom. The van der Waals surface area contributed by atoms with Gasteiger partial charge in [0.25, 0.3) is 0 Å². The van der Waals surface area contributed by atoms with E-state index in [0.717, 1.165) is 20.9 Å². The molecular weight excluding hydrogens is 283 g/mol. The van der Waals surface area contributed by atoms with Gasteiger partial charge in [0.1, 0.15) is 5.82 Å². The number of anilines is 1. The molecule has 0 fully saturated rings. The first kappa shape index (κ1) is 12.4. The van der Waals surface area contributed by atoms with Crippen molar-refractivity contribution in [3.63, 3.8) is 0 Å². The third kappa shape index (κ3) is 2.85. The van der Waals surface area contributed by atoms with Gasteiger partial charge in [-0.1, -0.05) is 35.1 Å². The van der Waals surface area contributed by atoms with E-state index in [0.29, 0.717) is 11.6 Å². The van der Waals surface area contributed by atoms with Gasteiger partial charge in [-0.05, 0) is 35.9 Å². The number of benzene rings is 2. The lowest BCUT2D eigenvalue weighted by atomic mass is 10.2. The molecule has 0 spiro atoms. The van der Waals surface area contributed by atoms with E-state index in [1.54, 1.807) is 6.07 Å². The Labute approximate surface area is 118 Å². The van der Waals surface area contributed by atoms with Crippen LogP contribution in [0.25, 0.3) is 10.2 Å². The Morgan fingerprint density at radius 3 is 2.95 bits per heavy atom. The van der Waals surface area contributed by atoms with Crippen molar-refractivity contribution in [1.82, 2.24) is 4.98 Å². The zero-order chi connectivity index (χ0) is 13.2. The van der Waals surface area contributed by atoms with E-state index >= 15 is 0 Å². The Bertz CT molecular complexity index is 726. The van der Waals surface area contributed by atoms with Crippen LogP contribution in [0.1, 0.15) is 5.56 Å². The molecule has 2 aromatic carbocycles. The quantitative estimate of drug-likeness (QED) is 0.757. The van der Waals surface area contributed by atoms with Crippen LogP contribution in [0.3, 0.4) is 0 Å². The van der Waals surface area contributed by atoms with Crippen molar-refractivity contribution in [1.29, 1.82) is 0 Å². The lowest BCUT2D eigenvalue weighted by molar-refractivity contribution is 0.626. The van der Waals surface area contributed by atoms with Crippen LogP contribution in [-0.2, 0) is 6.54 Å². The fourth-order valence-electron chi connectivity index (χ4n) is 1.80. The minimum atomic E-state index is -0.226. The molecule has 0 saturated carbocycles. The highest BCUT2D eigenvalue weighted by Gasteiger charge is 2.04. The molecule has 0 saturated heterocycles. The Kier molecular flexibility index (Phi) is 3.36. The molecule has 3 rings (SSSR count). The number of halogens is 2. The van der Waals surface area contributed by atoms with E-state index in [1.807, 2.05) is 24.3 Å². The molecule has 0 aliphatic carbocycles. The van der Waals surface area contributed by atoms with Gasteiger partial charge in [-0.15, -0.1) is 0 Å². The molecule has 0 bridgehead atoms. The zero-order valence-electron chi connectivity index (χ0n) is 9.86. The first-order valence-electron chi connectivity index (χ1n) is 5.75. The van der Waals surface area contributed by atoms with Crippen LogP contribution in [-0.4, -0.2) is 4.98 Å². The van der Waals surface area contributed by atoms with Crippen LogP contribution in [0.5, 0.6) is 0 Å². The molecule has 96 valence electrons. The molecule has 2 nitrogen and oxygen atoms in total. The van der Waals surface area contributed by atoms with Crippen molar-refractivity contribution in [2.75, 3.05) is 5.32 Å². The average Bonchev–Trinajstić information content (AvgIpc) is 2.78. The third-order valence-corrected chi connectivity index (χ3v) is 3.89. The molecule has 0 aliphatic rings. The molecular formula is C14H10ClFN2S. The minimum Gasteiger partial charge on any atom is -0.357 e. The second-order valence-electron chi connectivity index (χ2n) is 4.11. The fourth-order valence-corrected chi connectivity index (χ4v) is 2.94. The topological polar surface area (TPSA) is 24.9 Å². The smallest absolute Gasteiger partial charge is 0.184 e. The summed E-state index contributed by atoms with van der Waals surface area (Å²) >= 11 is 7.47. The first-order valence-corrected chi connectivity index (χ1v) is 6.94. The van der Waals surface area contributed by atoms with Gasteiger partial charge < -0.3 is 5.32 Å². The Hall–Kier alpha value is -1.65. The first-order chi connectivity index (χ1) is 9.20. The van der Waals surface area contributed by atoms with E-state index in [4.69, 9.17) is 11.6 Å². The largest absolute Gasteiger partial charge is 0.357 e. The summed E-state index contributed by atoms with van der Waals surface area (Å²) in [5.74, 6) is -0.226. The number of nitrogens with zero attached hydrogens (tertiary/aromatic N) is 1. The van der Waals surface area contributed by atoms with Crippen molar-refractivity contribution in [3.8, 4) is 0 Å². The van der Waals surface area contributed by atoms with E-state index in [-0.39, 0.29) is 5.82 Å². The van der Waals surface area contributed by atoms with Gasteiger partial charge in [0.2, 0.25) is 0 Å². The third-order valence-electron chi connectivity index (χ3n) is 2.68. The average molecular weight is 293 g/mol. The van der Waals surface area contributed by atoms with E-state index in [9.17, 15) is 4.39 Å². The maximum Gasteiger partial charge on any atom is 0.184 e. The van der Waals surface area contributed by atoms with Crippen LogP contribution in [0.2, 0.25) is 5.02 Å². The predicted octanol–water partition coefficient (Wildman–Crippen LogP) is 4.70. The van der Waals surface area contributed by atoms with Gasteiger partial charge >= 0.3 is 0 Å². The maximum atomic E-state index is 13.0. The Balaban J connectivity index is 1.78. The summed E-state index contributed by atoms with van der Waals surface area (Å²) in [4.78, 5) is 4.45. The van der Waals surface area contributed by atoms with Crippen molar-refractivity contribution in [3.05, 3.63) is 58.9 Å². The molecule has 1 N–H and O–H groups in total. The summed E-state index contributed by atoms with van der Waals surface area (Å²) in [7, 11) is 0. The number of hydrogen-bond donors (Lipinski definition) is 1. The number of aromatic nitrogens is 1. The maximum absolute atomic E-state index is 13.0. The lowest BCUT2D eigenvalue weighted by Crippen LogP contribution is -1.98. The number of fused-ring (bicyclic) bond motifs is 1. The van der Waals surface area contributed by atoms with Crippen LogP contribution >= 0.6 is 22.9 Å². The van der Waals surface area contributed by atoms with Gasteiger partial charge in [0, 0.05) is 11.6 Å². The molecule has 1 heterocycles. The number of nitrogens with one attached hydrogen (secondary N) is 1. The number of hydrogen-bond acceptors (Lipinski definition) is 3. The van der Waals surface area contributed by atoms with Crippen LogP contribution < -0.4 is 5.32 Å². The number of thiazole rings is 1. The second-order valence-corrected chi connectivity index (χ2v) is 5.58. The highest BCUT2D eigenvalue weighted by molar-refractivity contribution is 7.22. The molecule has 19 heavy (non-hydrogen) atoms. The summed E-state index contributed by atoms with van der Waals surface area (Å²) in [6.07, 6.45) is 0. The standard InChI is InChI=1S/C14H10ClFN2S/c15-10-4-5-12-13(7-10)19-14(18-12)17-8-9-2-1-3-11(16)6-9/h1-7H,8H2,(H,17,18). The van der Waals surface area contributed by atoms with Crippen molar-refractivity contribution in [2.24, 2.45) is 0 Å². The lowest BCUT2D eigenvalue weighted by Gasteiger charge is -2.02. The normalized spacial score (nSPS) is 10.8. The molecule has 0 aliphatic heterocycles. The SMILES string of the molecule is Fc1cccc(CNc2nc3ccc(Cl)cc3s2)c1. The second kappa shape index (κ2) is 5.15. The number of rotatable bonds is 3. The summed E-state index contributed by atoms with van der Waals surface area (Å²) < 4.78 is 14.1. The summed E-state index contributed by atoms with van der Waals surface area (Å²) in [5.41, 5.74) is 1.80. The van der Waals surface area contributed by atoms with Crippen molar-refractivity contribution in [2.45, 2.75) is 6.54 Å². The molecule has 0 radical (unpaired) electrons. The highest BCUT2D eigenvalue weighted by atomic mass is 35.5. The monoisotopic (exact) mass is 292 g/mol. The molecule has 1 aromatic heterocycles. The summed E-state index contributed by atoms with van der Waals surface area (Å²) in [5, 5.41) is 4.70. The molecule has 3 aromatic rings. The van der Waals surface area contributed by atoms with Gasteiger partial charge in [0.15, 0.2) is 5.13 Å². The molecule has 0 atom stereocenters. The van der Waals surface area contributed by atoms with Crippen LogP contribution in [0, 0.1) is 5.82 Å². The summed E-state index contributed by atoms with van der Waals surface area (Å²) in [6, 6.07) is 12.1. The van der Waals surface area contributed by atoms with E-state index < -0.39 is 0 Å². The van der Waals surface area contributed by atoms with Gasteiger partial charge in [0.05, 0.1) is 10.2 Å². The van der Waals surface area contributed by atoms with Crippen LogP contribution in [0.15, 0.2) is 42.5 Å². The van der Waals surface area contributed by atoms with Gasteiger partial charge in [-0.25, -0.2) is 9.37 Å². The minimum absolute atomic E-state index is 0.226. The van der Waals surface area contributed by atoms with Gasteiger partial charge in [-0.3, -0.25) is 0 Å². The van der Waals surface area contributed by atoms with Crippen molar-refractivity contribution < 1.29 is 4.39 Å². The van der Waals surface area contributed by atoms with E-state index in [1.165, 1.54) is 23.5 Å². The van der Waals surface area contributed by atoms with E-state index in [2.05, 4.69) is 10.3 Å². The fraction of sp³-hybridized carbons (Fsp3) is 0.0714.